The molecule has 0 radical (unpaired) electrons. The SMILES string of the molecule is CCC(C)[C@H](NC(=O)c1ccc(O)c(C)c1)C(=O)O. The summed E-state index contributed by atoms with van der Waals surface area (Å²) in [6.45, 7) is 5.33. The lowest BCUT2D eigenvalue weighted by Gasteiger charge is -2.20. The van der Waals surface area contributed by atoms with Crippen molar-refractivity contribution in [3.05, 3.63) is 29.3 Å². The monoisotopic (exact) mass is 265 g/mol. The third-order valence-electron chi connectivity index (χ3n) is 3.22. The molecule has 0 aliphatic rings. The average molecular weight is 265 g/mol. The lowest BCUT2D eigenvalue weighted by molar-refractivity contribution is -0.140. The summed E-state index contributed by atoms with van der Waals surface area (Å²) in [6.07, 6.45) is 0.659. The number of rotatable bonds is 5. The minimum absolute atomic E-state index is 0.105. The van der Waals surface area contributed by atoms with E-state index in [1.165, 1.54) is 18.2 Å². The molecule has 1 aromatic rings. The average Bonchev–Trinajstić information content (AvgIpc) is 2.37. The molecule has 0 bridgehead atoms. The highest BCUT2D eigenvalue weighted by atomic mass is 16.4. The van der Waals surface area contributed by atoms with Crippen molar-refractivity contribution in [1.82, 2.24) is 5.32 Å². The van der Waals surface area contributed by atoms with E-state index in [-0.39, 0.29) is 11.7 Å². The number of nitrogens with one attached hydrogen (secondary N) is 1. The Balaban J connectivity index is 2.87. The summed E-state index contributed by atoms with van der Waals surface area (Å²) in [5, 5.41) is 21.0. The van der Waals surface area contributed by atoms with E-state index in [0.717, 1.165) is 0 Å². The van der Waals surface area contributed by atoms with Crippen LogP contribution in [-0.2, 0) is 4.79 Å². The van der Waals surface area contributed by atoms with Crippen LogP contribution in [0.15, 0.2) is 18.2 Å². The molecule has 104 valence electrons. The van der Waals surface area contributed by atoms with Crippen molar-refractivity contribution in [2.45, 2.75) is 33.2 Å². The molecule has 5 heteroatoms. The Hall–Kier alpha value is -2.04. The zero-order valence-corrected chi connectivity index (χ0v) is 11.3. The molecule has 3 N–H and O–H groups in total. The van der Waals surface area contributed by atoms with Gasteiger partial charge in [-0.3, -0.25) is 4.79 Å². The standard InChI is InChI=1S/C14H19NO4/c1-4-8(2)12(14(18)19)15-13(17)10-5-6-11(16)9(3)7-10/h5-8,12,16H,4H2,1-3H3,(H,15,17)(H,18,19)/t8?,12-/m0/s1. The van der Waals surface area contributed by atoms with Crippen LogP contribution >= 0.6 is 0 Å². The molecule has 19 heavy (non-hydrogen) atoms. The number of phenols is 1. The molecular weight excluding hydrogens is 246 g/mol. The van der Waals surface area contributed by atoms with Gasteiger partial charge in [0.2, 0.25) is 0 Å². The fraction of sp³-hybridized carbons (Fsp3) is 0.429. The zero-order chi connectivity index (χ0) is 14.6. The van der Waals surface area contributed by atoms with Crippen molar-refractivity contribution in [3.63, 3.8) is 0 Å². The van der Waals surface area contributed by atoms with Gasteiger partial charge in [-0.15, -0.1) is 0 Å². The number of carbonyl (C=O) groups excluding carboxylic acids is 1. The van der Waals surface area contributed by atoms with Gasteiger partial charge in [0.15, 0.2) is 0 Å². The topological polar surface area (TPSA) is 86.6 Å². The highest BCUT2D eigenvalue weighted by molar-refractivity contribution is 5.96. The Morgan fingerprint density at radius 2 is 2.00 bits per heavy atom. The summed E-state index contributed by atoms with van der Waals surface area (Å²) in [5.41, 5.74) is 0.910. The van der Waals surface area contributed by atoms with Gasteiger partial charge in [-0.1, -0.05) is 20.3 Å². The fourth-order valence-electron chi connectivity index (χ4n) is 1.70. The molecule has 1 aromatic carbocycles. The third kappa shape index (κ3) is 3.71. The number of aliphatic carboxylic acids is 1. The molecule has 0 aromatic heterocycles. The lowest BCUT2D eigenvalue weighted by Crippen LogP contribution is -2.45. The molecule has 0 saturated carbocycles. The molecule has 0 aliphatic carbocycles. The first-order chi connectivity index (χ1) is 8.86. The number of carboxylic acids is 1. The van der Waals surface area contributed by atoms with E-state index in [2.05, 4.69) is 5.32 Å². The molecule has 0 spiro atoms. The van der Waals surface area contributed by atoms with Crippen molar-refractivity contribution in [2.75, 3.05) is 0 Å². The Bertz CT molecular complexity index is 484. The number of benzene rings is 1. The van der Waals surface area contributed by atoms with E-state index >= 15 is 0 Å². The molecule has 1 unspecified atom stereocenters. The molecule has 0 saturated heterocycles. The Labute approximate surface area is 112 Å². The van der Waals surface area contributed by atoms with Gasteiger partial charge >= 0.3 is 5.97 Å². The minimum Gasteiger partial charge on any atom is -0.508 e. The normalized spacial score (nSPS) is 13.6. The summed E-state index contributed by atoms with van der Waals surface area (Å²) in [7, 11) is 0. The van der Waals surface area contributed by atoms with Crippen LogP contribution in [0.1, 0.15) is 36.2 Å². The number of carboxylic acid groups (broad SMARTS) is 1. The van der Waals surface area contributed by atoms with Gasteiger partial charge in [0.25, 0.3) is 5.91 Å². The second-order valence-electron chi connectivity index (χ2n) is 4.68. The number of amides is 1. The van der Waals surface area contributed by atoms with Gasteiger partial charge in [0.1, 0.15) is 11.8 Å². The smallest absolute Gasteiger partial charge is 0.326 e. The van der Waals surface area contributed by atoms with Crippen molar-refractivity contribution < 1.29 is 19.8 Å². The second kappa shape index (κ2) is 6.22. The summed E-state index contributed by atoms with van der Waals surface area (Å²) < 4.78 is 0. The predicted octanol–water partition coefficient (Wildman–Crippen LogP) is 1.93. The van der Waals surface area contributed by atoms with E-state index in [0.29, 0.717) is 17.5 Å². The number of hydrogen-bond acceptors (Lipinski definition) is 3. The van der Waals surface area contributed by atoms with Crippen molar-refractivity contribution in [3.8, 4) is 5.75 Å². The van der Waals surface area contributed by atoms with Crippen molar-refractivity contribution >= 4 is 11.9 Å². The zero-order valence-electron chi connectivity index (χ0n) is 11.3. The largest absolute Gasteiger partial charge is 0.508 e. The van der Waals surface area contributed by atoms with Crippen LogP contribution < -0.4 is 5.32 Å². The van der Waals surface area contributed by atoms with E-state index in [9.17, 15) is 14.7 Å². The van der Waals surface area contributed by atoms with Gasteiger partial charge in [0.05, 0.1) is 0 Å². The number of aryl methyl sites for hydroxylation is 1. The van der Waals surface area contributed by atoms with Gasteiger partial charge in [-0.05, 0) is 36.6 Å². The van der Waals surface area contributed by atoms with Crippen LogP contribution in [0.3, 0.4) is 0 Å². The minimum atomic E-state index is -1.04. The third-order valence-corrected chi connectivity index (χ3v) is 3.22. The second-order valence-corrected chi connectivity index (χ2v) is 4.68. The fourth-order valence-corrected chi connectivity index (χ4v) is 1.70. The summed E-state index contributed by atoms with van der Waals surface area (Å²) in [5.74, 6) is -1.54. The maximum Gasteiger partial charge on any atom is 0.326 e. The van der Waals surface area contributed by atoms with E-state index in [1.807, 2.05) is 6.92 Å². The Morgan fingerprint density at radius 1 is 1.37 bits per heavy atom. The van der Waals surface area contributed by atoms with Gasteiger partial charge in [-0.2, -0.15) is 0 Å². The van der Waals surface area contributed by atoms with Crippen LogP contribution in [0.4, 0.5) is 0 Å². The maximum atomic E-state index is 12.0. The van der Waals surface area contributed by atoms with E-state index < -0.39 is 17.9 Å². The summed E-state index contributed by atoms with van der Waals surface area (Å²) in [6, 6.07) is 3.50. The first-order valence-corrected chi connectivity index (χ1v) is 6.20. The number of aromatic hydroxyl groups is 1. The van der Waals surface area contributed by atoms with E-state index in [4.69, 9.17) is 5.11 Å². The quantitative estimate of drug-likeness (QED) is 0.759. The number of carbonyl (C=O) groups is 2. The van der Waals surface area contributed by atoms with Gasteiger partial charge < -0.3 is 15.5 Å². The van der Waals surface area contributed by atoms with Crippen LogP contribution in [0.5, 0.6) is 5.75 Å². The Morgan fingerprint density at radius 3 is 2.47 bits per heavy atom. The lowest BCUT2D eigenvalue weighted by atomic mass is 9.98. The number of phenolic OH excluding ortho intramolecular Hbond substituents is 1. The van der Waals surface area contributed by atoms with Crippen molar-refractivity contribution in [1.29, 1.82) is 0 Å². The molecule has 5 nitrogen and oxygen atoms in total. The predicted molar refractivity (Wildman–Crippen MR) is 71.2 cm³/mol. The van der Waals surface area contributed by atoms with Crippen molar-refractivity contribution in [2.24, 2.45) is 5.92 Å². The molecular formula is C14H19NO4. The molecule has 1 rings (SSSR count). The van der Waals surface area contributed by atoms with Crippen LogP contribution in [0.25, 0.3) is 0 Å². The molecule has 2 atom stereocenters. The highest BCUT2D eigenvalue weighted by Crippen LogP contribution is 2.17. The highest BCUT2D eigenvalue weighted by Gasteiger charge is 2.25. The molecule has 0 heterocycles. The first-order valence-electron chi connectivity index (χ1n) is 6.20. The first kappa shape index (κ1) is 15.0. The summed E-state index contributed by atoms with van der Waals surface area (Å²) in [4.78, 5) is 23.1. The molecule has 0 aliphatic heterocycles. The van der Waals surface area contributed by atoms with Crippen LogP contribution in [-0.4, -0.2) is 28.1 Å². The summed E-state index contributed by atoms with van der Waals surface area (Å²) >= 11 is 0. The van der Waals surface area contributed by atoms with Crippen LogP contribution in [0.2, 0.25) is 0 Å². The van der Waals surface area contributed by atoms with Crippen LogP contribution in [0, 0.1) is 12.8 Å². The Kier molecular flexibility index (Phi) is 4.92. The van der Waals surface area contributed by atoms with Gasteiger partial charge in [-0.25, -0.2) is 4.79 Å². The molecule has 0 fully saturated rings. The van der Waals surface area contributed by atoms with E-state index in [1.54, 1.807) is 13.8 Å². The van der Waals surface area contributed by atoms with Gasteiger partial charge in [0, 0.05) is 5.56 Å². The maximum absolute atomic E-state index is 12.0. The molecule has 1 amide bonds. The number of hydrogen-bond donors (Lipinski definition) is 3.